The fourth-order valence-electron chi connectivity index (χ4n) is 2.30. The molecule has 0 saturated carbocycles. The molecule has 23 heavy (non-hydrogen) atoms. The molecule has 3 heterocycles. The van der Waals surface area contributed by atoms with Gasteiger partial charge in [0.1, 0.15) is 10.6 Å². The molecule has 7 heteroatoms. The van der Waals surface area contributed by atoms with E-state index < -0.39 is 0 Å². The summed E-state index contributed by atoms with van der Waals surface area (Å²) < 4.78 is 5.30. The number of thiophene rings is 2. The Kier molecular flexibility index (Phi) is 5.22. The Balaban J connectivity index is 1.92. The van der Waals surface area contributed by atoms with Crippen molar-refractivity contribution in [1.29, 1.82) is 0 Å². The molecule has 2 N–H and O–H groups in total. The van der Waals surface area contributed by atoms with Crippen LogP contribution in [0.5, 0.6) is 0 Å². The molecule has 0 aliphatic heterocycles. The van der Waals surface area contributed by atoms with Gasteiger partial charge in [0.15, 0.2) is 5.82 Å². The maximum atomic E-state index is 8.74. The van der Waals surface area contributed by atoms with Gasteiger partial charge < -0.3 is 15.2 Å². The highest BCUT2D eigenvalue weighted by atomic mass is 32.1. The van der Waals surface area contributed by atoms with Gasteiger partial charge in [0, 0.05) is 11.4 Å². The summed E-state index contributed by atoms with van der Waals surface area (Å²) in [7, 11) is 0. The molecule has 3 aromatic rings. The number of aryl methyl sites for hydroxylation is 2. The lowest BCUT2D eigenvalue weighted by Crippen LogP contribution is -2.12. The van der Waals surface area contributed by atoms with Crippen LogP contribution in [0.2, 0.25) is 0 Å². The number of hydrogen-bond acceptors (Lipinski definition) is 7. The molecule has 0 radical (unpaired) electrons. The predicted molar refractivity (Wildman–Crippen MR) is 96.6 cm³/mol. The van der Waals surface area contributed by atoms with E-state index in [2.05, 4.69) is 19.2 Å². The number of hydrogen-bond donors (Lipinski definition) is 2. The standard InChI is InChI=1S/C16H19N3O2S2/c1-10-11(2)23-16-13(10)15(17-5-7-21-8-6-20)18-14(19-16)12-4-3-9-22-12/h3-4,9,20H,5-8H2,1-2H3,(H,17,18,19). The zero-order chi connectivity index (χ0) is 16.2. The van der Waals surface area contributed by atoms with Crippen LogP contribution < -0.4 is 5.32 Å². The first-order valence-electron chi connectivity index (χ1n) is 7.44. The van der Waals surface area contributed by atoms with Crippen LogP contribution in [0, 0.1) is 13.8 Å². The molecular formula is C16H19N3O2S2. The number of nitrogens with zero attached hydrogens (tertiary/aromatic N) is 2. The minimum atomic E-state index is 0.0448. The number of fused-ring (bicyclic) bond motifs is 1. The van der Waals surface area contributed by atoms with E-state index in [0.717, 1.165) is 26.7 Å². The summed E-state index contributed by atoms with van der Waals surface area (Å²) in [4.78, 5) is 12.8. The molecule has 0 spiro atoms. The molecular weight excluding hydrogens is 330 g/mol. The Labute approximate surface area is 143 Å². The second-order valence-corrected chi connectivity index (χ2v) is 7.25. The van der Waals surface area contributed by atoms with E-state index in [-0.39, 0.29) is 6.61 Å². The molecule has 0 aliphatic rings. The number of anilines is 1. The Bertz CT molecular complexity index is 784. The highest BCUT2D eigenvalue weighted by Crippen LogP contribution is 2.35. The van der Waals surface area contributed by atoms with Crippen LogP contribution in [-0.4, -0.2) is 41.4 Å². The summed E-state index contributed by atoms with van der Waals surface area (Å²) >= 11 is 3.34. The minimum Gasteiger partial charge on any atom is -0.394 e. The largest absolute Gasteiger partial charge is 0.394 e. The summed E-state index contributed by atoms with van der Waals surface area (Å²) in [5, 5.41) is 15.2. The zero-order valence-corrected chi connectivity index (χ0v) is 14.8. The molecule has 0 bridgehead atoms. The van der Waals surface area contributed by atoms with Crippen LogP contribution in [0.3, 0.4) is 0 Å². The van der Waals surface area contributed by atoms with Crippen LogP contribution in [0.15, 0.2) is 17.5 Å². The van der Waals surface area contributed by atoms with Crippen molar-refractivity contribution in [3.8, 4) is 10.7 Å². The summed E-state index contributed by atoms with van der Waals surface area (Å²) in [6, 6.07) is 4.04. The molecule has 122 valence electrons. The van der Waals surface area contributed by atoms with Crippen molar-refractivity contribution in [1.82, 2.24) is 9.97 Å². The predicted octanol–water partition coefficient (Wildman–Crippen LogP) is 3.46. The molecule has 5 nitrogen and oxygen atoms in total. The van der Waals surface area contributed by atoms with Gasteiger partial charge in [-0.15, -0.1) is 22.7 Å². The van der Waals surface area contributed by atoms with Crippen molar-refractivity contribution in [2.45, 2.75) is 13.8 Å². The van der Waals surface area contributed by atoms with E-state index in [4.69, 9.17) is 19.8 Å². The van der Waals surface area contributed by atoms with Crippen molar-refractivity contribution in [2.75, 3.05) is 31.7 Å². The van der Waals surface area contributed by atoms with Gasteiger partial charge in [-0.25, -0.2) is 9.97 Å². The fourth-order valence-corrected chi connectivity index (χ4v) is 3.99. The van der Waals surface area contributed by atoms with Crippen LogP contribution in [0.4, 0.5) is 5.82 Å². The summed E-state index contributed by atoms with van der Waals surface area (Å²) in [5.74, 6) is 1.61. The van der Waals surface area contributed by atoms with Crippen LogP contribution >= 0.6 is 22.7 Å². The van der Waals surface area contributed by atoms with Gasteiger partial charge in [0.25, 0.3) is 0 Å². The number of aliphatic hydroxyl groups is 1. The highest BCUT2D eigenvalue weighted by molar-refractivity contribution is 7.19. The fraction of sp³-hybridized carbons (Fsp3) is 0.375. The SMILES string of the molecule is Cc1sc2nc(-c3cccs3)nc(NCCOCCO)c2c1C. The van der Waals surface area contributed by atoms with Crippen molar-refractivity contribution in [3.05, 3.63) is 28.0 Å². The van der Waals surface area contributed by atoms with Gasteiger partial charge in [0.2, 0.25) is 0 Å². The molecule has 3 rings (SSSR count). The molecule has 0 aromatic carbocycles. The van der Waals surface area contributed by atoms with E-state index in [1.807, 2.05) is 17.5 Å². The van der Waals surface area contributed by atoms with Crippen molar-refractivity contribution in [2.24, 2.45) is 0 Å². The lowest BCUT2D eigenvalue weighted by atomic mass is 10.2. The average molecular weight is 349 g/mol. The lowest BCUT2D eigenvalue weighted by molar-refractivity contribution is 0.0992. The van der Waals surface area contributed by atoms with Gasteiger partial charge in [-0.2, -0.15) is 0 Å². The van der Waals surface area contributed by atoms with Gasteiger partial charge in [-0.3, -0.25) is 0 Å². The number of nitrogens with one attached hydrogen (secondary N) is 1. The maximum absolute atomic E-state index is 8.74. The van der Waals surface area contributed by atoms with Gasteiger partial charge in [0.05, 0.1) is 30.1 Å². The smallest absolute Gasteiger partial charge is 0.173 e. The van der Waals surface area contributed by atoms with E-state index in [9.17, 15) is 0 Å². The van der Waals surface area contributed by atoms with E-state index in [1.165, 1.54) is 10.4 Å². The van der Waals surface area contributed by atoms with E-state index >= 15 is 0 Å². The monoisotopic (exact) mass is 349 g/mol. The molecule has 3 aromatic heterocycles. The quantitative estimate of drug-likeness (QED) is 0.640. The Morgan fingerprint density at radius 3 is 2.87 bits per heavy atom. The number of rotatable bonds is 7. The highest BCUT2D eigenvalue weighted by Gasteiger charge is 2.15. The first-order valence-corrected chi connectivity index (χ1v) is 9.14. The molecule has 0 fully saturated rings. The minimum absolute atomic E-state index is 0.0448. The molecule has 0 aliphatic carbocycles. The van der Waals surface area contributed by atoms with Crippen LogP contribution in [0.25, 0.3) is 20.9 Å². The third kappa shape index (κ3) is 3.53. The third-order valence-electron chi connectivity index (χ3n) is 3.54. The number of aromatic nitrogens is 2. The topological polar surface area (TPSA) is 67.3 Å². The average Bonchev–Trinajstić information content (AvgIpc) is 3.16. The third-order valence-corrected chi connectivity index (χ3v) is 5.51. The Hall–Kier alpha value is -1.54. The van der Waals surface area contributed by atoms with Crippen molar-refractivity contribution in [3.63, 3.8) is 0 Å². The summed E-state index contributed by atoms with van der Waals surface area (Å²) in [6.45, 7) is 5.80. The summed E-state index contributed by atoms with van der Waals surface area (Å²) in [5.41, 5.74) is 1.22. The van der Waals surface area contributed by atoms with E-state index in [0.29, 0.717) is 19.8 Å². The molecule has 0 saturated heterocycles. The lowest BCUT2D eigenvalue weighted by Gasteiger charge is -2.09. The zero-order valence-electron chi connectivity index (χ0n) is 13.1. The first-order chi connectivity index (χ1) is 11.2. The van der Waals surface area contributed by atoms with Crippen LogP contribution in [-0.2, 0) is 4.74 Å². The Morgan fingerprint density at radius 1 is 1.26 bits per heavy atom. The Morgan fingerprint density at radius 2 is 2.13 bits per heavy atom. The normalized spacial score (nSPS) is 11.3. The first kappa shape index (κ1) is 16.3. The van der Waals surface area contributed by atoms with E-state index in [1.54, 1.807) is 22.7 Å². The molecule has 0 atom stereocenters. The van der Waals surface area contributed by atoms with Crippen molar-refractivity contribution < 1.29 is 9.84 Å². The number of ether oxygens (including phenoxy) is 1. The molecule has 0 amide bonds. The number of aliphatic hydroxyl groups excluding tert-OH is 1. The van der Waals surface area contributed by atoms with Crippen LogP contribution in [0.1, 0.15) is 10.4 Å². The van der Waals surface area contributed by atoms with Crippen molar-refractivity contribution >= 4 is 38.7 Å². The second-order valence-electron chi connectivity index (χ2n) is 5.10. The molecule has 0 unspecified atom stereocenters. The second kappa shape index (κ2) is 7.35. The maximum Gasteiger partial charge on any atom is 0.173 e. The van der Waals surface area contributed by atoms with Gasteiger partial charge in [-0.05, 0) is 30.9 Å². The van der Waals surface area contributed by atoms with Gasteiger partial charge in [-0.1, -0.05) is 6.07 Å². The van der Waals surface area contributed by atoms with Gasteiger partial charge >= 0.3 is 0 Å². The summed E-state index contributed by atoms with van der Waals surface area (Å²) in [6.07, 6.45) is 0.